The van der Waals surface area contributed by atoms with Crippen molar-refractivity contribution >= 4 is 101 Å². The van der Waals surface area contributed by atoms with Crippen LogP contribution in [0, 0.1) is 0 Å². The highest BCUT2D eigenvalue weighted by Gasteiger charge is 2.41. The molecule has 0 spiro atoms. The summed E-state index contributed by atoms with van der Waals surface area (Å²) in [5, 5.41) is 6.47. The number of carbonyl (C=O) groups is 8. The third-order valence-corrected chi connectivity index (χ3v) is 13.1. The van der Waals surface area contributed by atoms with Gasteiger partial charge in [0.25, 0.3) is 47.3 Å². The number of nitrogens with zero attached hydrogens (tertiary/aromatic N) is 4. The van der Waals surface area contributed by atoms with Gasteiger partial charge in [0, 0.05) is 92.2 Å². The molecule has 61 heavy (non-hydrogen) atoms. The van der Waals surface area contributed by atoms with Crippen molar-refractivity contribution in [2.45, 2.75) is 46.0 Å². The standard InChI is InChI=1S/C49H36N4O8/c1-3-5-20-50-42(54)28-12-8-24-26-10-14-30-39-31(15-11-27(37(26)39)25-9-13-29(43(50)55)38(28)36(24)25)47(59)52(46(30)58)22-7-23-53-48(60)34-18-16-32-40-33(17-19-35(41(34)40)49(53)61)45(57)51(44(32)56)21-6-4-2/h8-19H,3-7,20-23H2,1-2H3. The number of rotatable bonds is 10. The Labute approximate surface area is 347 Å². The van der Waals surface area contributed by atoms with Crippen molar-refractivity contribution < 1.29 is 38.4 Å². The summed E-state index contributed by atoms with van der Waals surface area (Å²) in [6.07, 6.45) is 3.11. The van der Waals surface area contributed by atoms with Crippen molar-refractivity contribution in [3.63, 3.8) is 0 Å². The van der Waals surface area contributed by atoms with E-state index in [4.69, 9.17) is 0 Å². The van der Waals surface area contributed by atoms with Crippen LogP contribution in [0.5, 0.6) is 0 Å². The van der Waals surface area contributed by atoms with Crippen LogP contribution in [0.3, 0.4) is 0 Å². The number of unbranched alkanes of at least 4 members (excludes halogenated alkanes) is 2. The summed E-state index contributed by atoms with van der Waals surface area (Å²) in [6, 6.07) is 20.6. The predicted octanol–water partition coefficient (Wildman–Crippen LogP) is 7.96. The average molecular weight is 809 g/mol. The lowest BCUT2D eigenvalue weighted by Crippen LogP contribution is -2.45. The molecule has 0 fully saturated rings. The quantitative estimate of drug-likeness (QED) is 0.0768. The van der Waals surface area contributed by atoms with Crippen LogP contribution in [0.15, 0.2) is 72.8 Å². The Morgan fingerprint density at radius 3 is 0.705 bits per heavy atom. The molecule has 0 saturated carbocycles. The van der Waals surface area contributed by atoms with Gasteiger partial charge in [-0.15, -0.1) is 0 Å². The van der Waals surface area contributed by atoms with Gasteiger partial charge in [-0.1, -0.05) is 51.0 Å². The fraction of sp³-hybridized carbons (Fsp3) is 0.224. The van der Waals surface area contributed by atoms with Gasteiger partial charge >= 0.3 is 0 Å². The summed E-state index contributed by atoms with van der Waals surface area (Å²) >= 11 is 0. The zero-order valence-corrected chi connectivity index (χ0v) is 33.3. The molecule has 0 aliphatic carbocycles. The summed E-state index contributed by atoms with van der Waals surface area (Å²) in [5.41, 5.74) is 2.58. The number of fused-ring (bicyclic) bond motifs is 2. The first-order valence-electron chi connectivity index (χ1n) is 20.8. The topological polar surface area (TPSA) is 150 Å². The zero-order valence-electron chi connectivity index (χ0n) is 33.3. The molecule has 0 unspecified atom stereocenters. The van der Waals surface area contributed by atoms with Crippen LogP contribution >= 0.6 is 0 Å². The SMILES string of the molecule is CCCCN1C(=O)c2ccc3c4c(ccc(c24)C1=O)C(=O)N(CCCN1C(=O)c2ccc4c5ccc6c7c(ccc(c8ccc(c2c48)C1=O)c75)C(=O)N(CCCC)C6=O)C3=O. The van der Waals surface area contributed by atoms with Crippen molar-refractivity contribution in [1.82, 2.24) is 19.6 Å². The molecule has 0 bridgehead atoms. The van der Waals surface area contributed by atoms with Gasteiger partial charge in [-0.05, 0) is 100 Å². The fourth-order valence-electron chi connectivity index (χ4n) is 10.2. The van der Waals surface area contributed by atoms with E-state index in [-0.39, 0.29) is 65.5 Å². The Bertz CT molecular complexity index is 3100. The largest absolute Gasteiger partial charge is 0.274 e. The van der Waals surface area contributed by atoms with E-state index < -0.39 is 35.4 Å². The Hall–Kier alpha value is -7.34. The highest BCUT2D eigenvalue weighted by molar-refractivity contribution is 6.41. The first-order chi connectivity index (χ1) is 29.6. The van der Waals surface area contributed by atoms with E-state index in [9.17, 15) is 38.4 Å². The molecule has 4 aliphatic rings. The van der Waals surface area contributed by atoms with E-state index in [1.54, 1.807) is 36.4 Å². The third kappa shape index (κ3) is 4.75. The van der Waals surface area contributed by atoms with E-state index in [1.807, 2.05) is 38.1 Å². The minimum absolute atomic E-state index is 0.0685. The number of amides is 8. The molecule has 12 heteroatoms. The normalized spacial score (nSPS) is 16.1. The zero-order chi connectivity index (χ0) is 42.2. The number of hydrogen-bond donors (Lipinski definition) is 0. The molecule has 11 rings (SSSR count). The van der Waals surface area contributed by atoms with Gasteiger partial charge in [-0.3, -0.25) is 58.0 Å². The van der Waals surface area contributed by atoms with E-state index in [0.29, 0.717) is 57.8 Å². The smallest absolute Gasteiger partial charge is 0.261 e. The molecule has 8 amide bonds. The first-order valence-corrected chi connectivity index (χ1v) is 20.8. The van der Waals surface area contributed by atoms with Gasteiger partial charge in [0.05, 0.1) is 0 Å². The van der Waals surface area contributed by atoms with Crippen molar-refractivity contribution in [1.29, 1.82) is 0 Å². The maximum absolute atomic E-state index is 14.2. The Kier molecular flexibility index (Phi) is 7.87. The monoisotopic (exact) mass is 808 g/mol. The Balaban J connectivity index is 0.900. The highest BCUT2D eigenvalue weighted by Crippen LogP contribution is 2.46. The molecule has 0 atom stereocenters. The molecule has 0 radical (unpaired) electrons. The molecular weight excluding hydrogens is 773 g/mol. The van der Waals surface area contributed by atoms with Gasteiger partial charge in [0.15, 0.2) is 0 Å². The molecule has 4 heterocycles. The second-order valence-electron chi connectivity index (χ2n) is 16.3. The molecule has 0 N–H and O–H groups in total. The maximum atomic E-state index is 14.2. The van der Waals surface area contributed by atoms with E-state index >= 15 is 0 Å². The van der Waals surface area contributed by atoms with Crippen LogP contribution in [0.2, 0.25) is 0 Å². The summed E-state index contributed by atoms with van der Waals surface area (Å²) in [6.45, 7) is 4.44. The number of hydrogen-bond acceptors (Lipinski definition) is 8. The van der Waals surface area contributed by atoms with Crippen LogP contribution < -0.4 is 0 Å². The minimum atomic E-state index is -0.585. The minimum Gasteiger partial charge on any atom is -0.274 e. The molecule has 7 aromatic rings. The second-order valence-corrected chi connectivity index (χ2v) is 16.3. The van der Waals surface area contributed by atoms with Crippen LogP contribution in [0.25, 0.3) is 53.9 Å². The number of imide groups is 4. The first kappa shape index (κ1) is 36.7. The molecule has 0 saturated heterocycles. The molecular formula is C49H36N4O8. The molecule has 7 aromatic carbocycles. The summed E-state index contributed by atoms with van der Waals surface area (Å²) in [7, 11) is 0. The van der Waals surface area contributed by atoms with Gasteiger partial charge < -0.3 is 0 Å². The Morgan fingerprint density at radius 2 is 0.475 bits per heavy atom. The molecule has 300 valence electrons. The average Bonchev–Trinajstić information content (AvgIpc) is 3.27. The molecule has 12 nitrogen and oxygen atoms in total. The molecule has 4 aliphatic heterocycles. The molecule has 0 aromatic heterocycles. The van der Waals surface area contributed by atoms with Crippen molar-refractivity contribution in [2.24, 2.45) is 0 Å². The second kappa shape index (κ2) is 13.1. The van der Waals surface area contributed by atoms with Crippen LogP contribution in [-0.4, -0.2) is 93.0 Å². The van der Waals surface area contributed by atoms with Crippen molar-refractivity contribution in [3.05, 3.63) is 117 Å². The maximum Gasteiger partial charge on any atom is 0.261 e. The van der Waals surface area contributed by atoms with Gasteiger partial charge in [-0.25, -0.2) is 0 Å². The highest BCUT2D eigenvalue weighted by atomic mass is 16.2. The summed E-state index contributed by atoms with van der Waals surface area (Å²) in [5.74, 6) is -3.70. The van der Waals surface area contributed by atoms with Crippen molar-refractivity contribution in [2.75, 3.05) is 26.2 Å². The van der Waals surface area contributed by atoms with Crippen LogP contribution in [0.1, 0.15) is 129 Å². The van der Waals surface area contributed by atoms with E-state index in [0.717, 1.165) is 55.0 Å². The van der Waals surface area contributed by atoms with E-state index in [1.165, 1.54) is 21.9 Å². The van der Waals surface area contributed by atoms with Gasteiger partial charge in [-0.2, -0.15) is 0 Å². The van der Waals surface area contributed by atoms with E-state index in [2.05, 4.69) is 0 Å². The number of benzene rings is 7. The predicted molar refractivity (Wildman–Crippen MR) is 228 cm³/mol. The Morgan fingerprint density at radius 1 is 0.279 bits per heavy atom. The summed E-state index contributed by atoms with van der Waals surface area (Å²) < 4.78 is 0. The van der Waals surface area contributed by atoms with Gasteiger partial charge in [0.2, 0.25) is 0 Å². The fourth-order valence-corrected chi connectivity index (χ4v) is 10.2. The lowest BCUT2D eigenvalue weighted by molar-refractivity contribution is 0.0562. The number of carbonyl (C=O) groups excluding carboxylic acids is 8. The lowest BCUT2D eigenvalue weighted by atomic mass is 9.82. The van der Waals surface area contributed by atoms with Crippen LogP contribution in [0.4, 0.5) is 0 Å². The lowest BCUT2D eigenvalue weighted by Gasteiger charge is -2.32. The van der Waals surface area contributed by atoms with Crippen LogP contribution in [-0.2, 0) is 0 Å². The van der Waals surface area contributed by atoms with Crippen molar-refractivity contribution in [3.8, 4) is 0 Å². The summed E-state index contributed by atoms with van der Waals surface area (Å²) in [4.78, 5) is 115. The third-order valence-electron chi connectivity index (χ3n) is 13.1. The van der Waals surface area contributed by atoms with Gasteiger partial charge in [0.1, 0.15) is 0 Å².